The Morgan fingerprint density at radius 2 is 1.97 bits per heavy atom. The number of amides is 1. The summed E-state index contributed by atoms with van der Waals surface area (Å²) in [6.07, 6.45) is 1.62. The van der Waals surface area contributed by atoms with Gasteiger partial charge < -0.3 is 5.32 Å². The number of fused-ring (bicyclic) bond motifs is 3. The van der Waals surface area contributed by atoms with E-state index in [1.807, 2.05) is 49.4 Å². The van der Waals surface area contributed by atoms with E-state index in [1.165, 1.54) is 11.8 Å². The molecule has 1 amide bonds. The molecule has 0 aliphatic carbocycles. The van der Waals surface area contributed by atoms with E-state index in [-0.39, 0.29) is 17.5 Å². The fourth-order valence-corrected chi connectivity index (χ4v) is 4.83. The van der Waals surface area contributed by atoms with Crippen molar-refractivity contribution in [2.75, 3.05) is 0 Å². The molecule has 2 aromatic carbocycles. The van der Waals surface area contributed by atoms with E-state index in [0.29, 0.717) is 44.7 Å². The van der Waals surface area contributed by atoms with Gasteiger partial charge in [0.05, 0.1) is 10.9 Å². The van der Waals surface area contributed by atoms with Crippen LogP contribution in [0.3, 0.4) is 0 Å². The third-order valence-electron chi connectivity index (χ3n) is 5.59. The maximum Gasteiger partial charge on any atom is 0.262 e. The van der Waals surface area contributed by atoms with E-state index < -0.39 is 0 Å². The predicted octanol–water partition coefficient (Wildman–Crippen LogP) is 4.93. The van der Waals surface area contributed by atoms with Crippen LogP contribution < -0.4 is 10.9 Å². The minimum atomic E-state index is -0.171. The van der Waals surface area contributed by atoms with Crippen molar-refractivity contribution in [1.82, 2.24) is 24.5 Å². The summed E-state index contributed by atoms with van der Waals surface area (Å²) in [6, 6.07) is 12.9. The molecule has 2 aromatic heterocycles. The lowest BCUT2D eigenvalue weighted by atomic mass is 10.1. The third kappa shape index (κ3) is 4.63. The molecule has 4 rings (SSSR count). The van der Waals surface area contributed by atoms with Crippen LogP contribution >= 0.6 is 23.4 Å². The summed E-state index contributed by atoms with van der Waals surface area (Å²) >= 11 is 7.82. The second-order valence-electron chi connectivity index (χ2n) is 7.97. The zero-order chi connectivity index (χ0) is 23.5. The number of thioether (sulfide) groups is 1. The molecule has 1 atom stereocenters. The molecule has 9 heteroatoms. The molecule has 0 fully saturated rings. The number of aromatic nitrogens is 4. The fourth-order valence-electron chi connectivity index (χ4n) is 3.61. The smallest absolute Gasteiger partial charge is 0.262 e. The molecule has 172 valence electrons. The van der Waals surface area contributed by atoms with Gasteiger partial charge >= 0.3 is 0 Å². The number of benzene rings is 2. The van der Waals surface area contributed by atoms with Gasteiger partial charge in [0.2, 0.25) is 5.78 Å². The van der Waals surface area contributed by atoms with Gasteiger partial charge in [-0.05, 0) is 49.6 Å². The first-order valence-electron chi connectivity index (χ1n) is 11.0. The zero-order valence-corrected chi connectivity index (χ0v) is 20.4. The number of hydrogen-bond acceptors (Lipinski definition) is 5. The van der Waals surface area contributed by atoms with E-state index in [2.05, 4.69) is 15.5 Å². The molecule has 0 unspecified atom stereocenters. The Hall–Kier alpha value is -2.84. The van der Waals surface area contributed by atoms with Crippen LogP contribution in [0.2, 0.25) is 5.02 Å². The third-order valence-corrected chi connectivity index (χ3v) is 6.93. The van der Waals surface area contributed by atoms with Crippen molar-refractivity contribution < 1.29 is 4.79 Å². The average Bonchev–Trinajstić information content (AvgIpc) is 3.24. The highest BCUT2D eigenvalue weighted by Gasteiger charge is 2.19. The molecule has 0 radical (unpaired) electrons. The quantitative estimate of drug-likeness (QED) is 0.359. The van der Waals surface area contributed by atoms with Crippen LogP contribution in [0, 0.1) is 0 Å². The number of aryl methyl sites for hydroxylation is 1. The standard InChI is InChI=1S/C24H26ClN5O2S/c1-4-12-29-22(32)18-11-10-16(21(31)26-15(3)5-2)13-20(18)30-23(29)27-28-24(30)33-14-17-8-6-7-9-19(17)25/h6-11,13,15H,4-5,12,14H2,1-3H3,(H,26,31)/t15-/m0/s1. The van der Waals surface area contributed by atoms with Crippen molar-refractivity contribution in [3.05, 3.63) is 69.0 Å². The average molecular weight is 484 g/mol. The summed E-state index contributed by atoms with van der Waals surface area (Å²) in [7, 11) is 0. The van der Waals surface area contributed by atoms with E-state index in [1.54, 1.807) is 22.8 Å². The second-order valence-corrected chi connectivity index (χ2v) is 9.32. The first kappa shape index (κ1) is 23.3. The van der Waals surface area contributed by atoms with E-state index in [4.69, 9.17) is 11.6 Å². The number of nitrogens with one attached hydrogen (secondary N) is 1. The van der Waals surface area contributed by atoms with Crippen molar-refractivity contribution >= 4 is 46.0 Å². The van der Waals surface area contributed by atoms with Gasteiger partial charge in [-0.25, -0.2) is 0 Å². The van der Waals surface area contributed by atoms with Crippen molar-refractivity contribution in [2.45, 2.75) is 57.1 Å². The lowest BCUT2D eigenvalue weighted by Crippen LogP contribution is -2.32. The topological polar surface area (TPSA) is 81.3 Å². The molecule has 0 spiro atoms. The van der Waals surface area contributed by atoms with Crippen molar-refractivity contribution in [1.29, 1.82) is 0 Å². The molecule has 1 N–H and O–H groups in total. The molecule has 0 saturated heterocycles. The number of rotatable bonds is 8. The summed E-state index contributed by atoms with van der Waals surface area (Å²) in [5.74, 6) is 0.897. The van der Waals surface area contributed by atoms with E-state index in [9.17, 15) is 9.59 Å². The number of hydrogen-bond donors (Lipinski definition) is 1. The van der Waals surface area contributed by atoms with Crippen LogP contribution in [0.15, 0.2) is 52.4 Å². The number of nitrogens with zero attached hydrogens (tertiary/aromatic N) is 4. The lowest BCUT2D eigenvalue weighted by molar-refractivity contribution is 0.0939. The Labute approximate surface area is 201 Å². The molecule has 7 nitrogen and oxygen atoms in total. The van der Waals surface area contributed by atoms with Gasteiger partial charge in [-0.15, -0.1) is 10.2 Å². The molecular weight excluding hydrogens is 458 g/mol. The predicted molar refractivity (Wildman–Crippen MR) is 133 cm³/mol. The van der Waals surface area contributed by atoms with E-state index >= 15 is 0 Å². The van der Waals surface area contributed by atoms with Gasteiger partial charge in [-0.1, -0.05) is 55.4 Å². The monoisotopic (exact) mass is 483 g/mol. The largest absolute Gasteiger partial charge is 0.350 e. The Balaban J connectivity index is 1.85. The normalized spacial score (nSPS) is 12.4. The van der Waals surface area contributed by atoms with Crippen LogP contribution in [-0.2, 0) is 12.3 Å². The molecule has 0 aliphatic rings. The number of carbonyl (C=O) groups is 1. The first-order valence-corrected chi connectivity index (χ1v) is 12.4. The van der Waals surface area contributed by atoms with E-state index in [0.717, 1.165) is 18.4 Å². The van der Waals surface area contributed by atoms with Gasteiger partial charge in [0, 0.05) is 28.9 Å². The summed E-state index contributed by atoms with van der Waals surface area (Å²) in [5, 5.41) is 13.6. The van der Waals surface area contributed by atoms with Gasteiger partial charge in [0.15, 0.2) is 5.16 Å². The van der Waals surface area contributed by atoms with Gasteiger partial charge in [0.25, 0.3) is 11.5 Å². The molecule has 0 aliphatic heterocycles. The highest BCUT2D eigenvalue weighted by molar-refractivity contribution is 7.98. The maximum absolute atomic E-state index is 13.2. The molecular formula is C24H26ClN5O2S. The highest BCUT2D eigenvalue weighted by atomic mass is 35.5. The Kier molecular flexibility index (Phi) is 7.05. The van der Waals surface area contributed by atoms with Crippen LogP contribution in [-0.4, -0.2) is 31.1 Å². The lowest BCUT2D eigenvalue weighted by Gasteiger charge is -2.14. The van der Waals surface area contributed by atoms with Crippen LogP contribution in [0.4, 0.5) is 0 Å². The molecule has 0 saturated carbocycles. The summed E-state index contributed by atoms with van der Waals surface area (Å²) in [5.41, 5.74) is 1.96. The van der Waals surface area contributed by atoms with Gasteiger partial charge in [0.1, 0.15) is 0 Å². The Morgan fingerprint density at radius 3 is 2.70 bits per heavy atom. The van der Waals surface area contributed by atoms with Crippen molar-refractivity contribution in [3.8, 4) is 0 Å². The number of carbonyl (C=O) groups excluding carboxylic acids is 1. The van der Waals surface area contributed by atoms with Crippen LogP contribution in [0.25, 0.3) is 16.7 Å². The molecule has 4 aromatic rings. The van der Waals surface area contributed by atoms with Crippen LogP contribution in [0.5, 0.6) is 0 Å². The Morgan fingerprint density at radius 1 is 1.18 bits per heavy atom. The molecule has 0 bridgehead atoms. The highest BCUT2D eigenvalue weighted by Crippen LogP contribution is 2.28. The number of halogens is 1. The Bertz CT molecular complexity index is 1380. The maximum atomic E-state index is 13.2. The minimum absolute atomic E-state index is 0.0578. The summed E-state index contributed by atoms with van der Waals surface area (Å²) in [4.78, 5) is 26.0. The molecule has 33 heavy (non-hydrogen) atoms. The second kappa shape index (κ2) is 9.97. The van der Waals surface area contributed by atoms with Crippen molar-refractivity contribution in [3.63, 3.8) is 0 Å². The summed E-state index contributed by atoms with van der Waals surface area (Å²) in [6.45, 7) is 6.52. The zero-order valence-electron chi connectivity index (χ0n) is 18.8. The fraction of sp³-hybridized carbons (Fsp3) is 0.333. The van der Waals surface area contributed by atoms with Crippen LogP contribution in [0.1, 0.15) is 49.5 Å². The molecule has 2 heterocycles. The minimum Gasteiger partial charge on any atom is -0.350 e. The van der Waals surface area contributed by atoms with Gasteiger partial charge in [-0.2, -0.15) is 0 Å². The first-order chi connectivity index (χ1) is 15.9. The van der Waals surface area contributed by atoms with Crippen molar-refractivity contribution in [2.24, 2.45) is 0 Å². The SMILES string of the molecule is CCCn1c(=O)c2ccc(C(=O)N[C@@H](C)CC)cc2n2c(SCc3ccccc3Cl)nnc12. The summed E-state index contributed by atoms with van der Waals surface area (Å²) < 4.78 is 3.52. The van der Waals surface area contributed by atoms with Gasteiger partial charge in [-0.3, -0.25) is 18.6 Å².